The van der Waals surface area contributed by atoms with Crippen molar-refractivity contribution in [2.75, 3.05) is 7.11 Å². The molecule has 0 aromatic carbocycles. The molecule has 1 saturated carbocycles. The highest BCUT2D eigenvalue weighted by molar-refractivity contribution is 5.75. The summed E-state index contributed by atoms with van der Waals surface area (Å²) in [5.41, 5.74) is 4.83. The van der Waals surface area contributed by atoms with E-state index in [0.717, 1.165) is 25.7 Å². The number of nitrogens with two attached hydrogens (primary N) is 1. The Morgan fingerprint density at radius 1 is 1.62 bits per heavy atom. The van der Waals surface area contributed by atoms with Crippen LogP contribution in [0.5, 0.6) is 0 Å². The lowest BCUT2D eigenvalue weighted by atomic mass is 9.93. The van der Waals surface area contributed by atoms with Gasteiger partial charge in [-0.15, -0.1) is 0 Å². The summed E-state index contributed by atoms with van der Waals surface area (Å²) in [6.45, 7) is 0. The Morgan fingerprint density at radius 2 is 2.15 bits per heavy atom. The van der Waals surface area contributed by atoms with Crippen LogP contribution in [0, 0.1) is 0 Å². The SMILES string of the molecule is COC(=O)C(N)CC1(O)CCCC1. The molecule has 1 aliphatic carbocycles. The molecule has 0 aromatic heterocycles. The van der Waals surface area contributed by atoms with E-state index in [4.69, 9.17) is 5.73 Å². The van der Waals surface area contributed by atoms with Crippen molar-refractivity contribution in [2.45, 2.75) is 43.7 Å². The molecule has 1 atom stereocenters. The number of methoxy groups -OCH3 is 1. The van der Waals surface area contributed by atoms with E-state index >= 15 is 0 Å². The van der Waals surface area contributed by atoms with E-state index in [1.165, 1.54) is 7.11 Å². The third-order valence-electron chi connectivity index (χ3n) is 2.64. The molecule has 3 N–H and O–H groups in total. The van der Waals surface area contributed by atoms with E-state index in [2.05, 4.69) is 4.74 Å². The summed E-state index contributed by atoms with van der Waals surface area (Å²) < 4.78 is 4.49. The maximum atomic E-state index is 11.0. The van der Waals surface area contributed by atoms with Crippen molar-refractivity contribution in [3.05, 3.63) is 0 Å². The number of esters is 1. The van der Waals surface area contributed by atoms with Gasteiger partial charge in [0.2, 0.25) is 0 Å². The molecule has 0 amide bonds. The van der Waals surface area contributed by atoms with Gasteiger partial charge in [0.15, 0.2) is 0 Å². The molecular weight excluding hydrogens is 170 g/mol. The number of carbonyl (C=O) groups excluding carboxylic acids is 1. The van der Waals surface area contributed by atoms with Gasteiger partial charge >= 0.3 is 5.97 Å². The highest BCUT2D eigenvalue weighted by Crippen LogP contribution is 2.32. The zero-order valence-electron chi connectivity index (χ0n) is 7.95. The van der Waals surface area contributed by atoms with E-state index in [1.54, 1.807) is 0 Å². The molecule has 76 valence electrons. The predicted molar refractivity (Wildman–Crippen MR) is 48.0 cm³/mol. The van der Waals surface area contributed by atoms with E-state index in [9.17, 15) is 9.90 Å². The summed E-state index contributed by atoms with van der Waals surface area (Å²) in [5, 5.41) is 9.92. The smallest absolute Gasteiger partial charge is 0.322 e. The Bertz CT molecular complexity index is 187. The minimum absolute atomic E-state index is 0.319. The van der Waals surface area contributed by atoms with Gasteiger partial charge < -0.3 is 15.6 Å². The minimum atomic E-state index is -0.729. The zero-order chi connectivity index (χ0) is 9.90. The van der Waals surface area contributed by atoms with Gasteiger partial charge in [0.25, 0.3) is 0 Å². The van der Waals surface area contributed by atoms with Gasteiger partial charge in [-0.05, 0) is 12.8 Å². The highest BCUT2D eigenvalue weighted by atomic mass is 16.5. The third kappa shape index (κ3) is 2.67. The van der Waals surface area contributed by atoms with Crippen molar-refractivity contribution in [3.63, 3.8) is 0 Å². The second-order valence-corrected chi connectivity index (χ2v) is 3.77. The van der Waals surface area contributed by atoms with Crippen LogP contribution in [0.25, 0.3) is 0 Å². The molecule has 0 heterocycles. The average molecular weight is 187 g/mol. The van der Waals surface area contributed by atoms with Crippen molar-refractivity contribution in [2.24, 2.45) is 5.73 Å². The summed E-state index contributed by atoms with van der Waals surface area (Å²) in [6.07, 6.45) is 3.85. The van der Waals surface area contributed by atoms with Crippen LogP contribution in [0.1, 0.15) is 32.1 Å². The summed E-state index contributed by atoms with van der Waals surface area (Å²) in [5.74, 6) is -0.444. The second kappa shape index (κ2) is 4.07. The molecule has 0 radical (unpaired) electrons. The Labute approximate surface area is 78.1 Å². The monoisotopic (exact) mass is 187 g/mol. The number of hydrogen-bond acceptors (Lipinski definition) is 4. The van der Waals surface area contributed by atoms with Crippen molar-refractivity contribution >= 4 is 5.97 Å². The van der Waals surface area contributed by atoms with Crippen molar-refractivity contribution in [1.82, 2.24) is 0 Å². The normalized spacial score (nSPS) is 22.7. The third-order valence-corrected chi connectivity index (χ3v) is 2.64. The fourth-order valence-corrected chi connectivity index (χ4v) is 1.88. The standard InChI is InChI=1S/C9H17NO3/c1-13-8(11)7(10)6-9(12)4-2-3-5-9/h7,12H,2-6,10H2,1H3. The first-order valence-corrected chi connectivity index (χ1v) is 4.63. The Kier molecular flexibility index (Phi) is 3.27. The Balaban J connectivity index is 2.42. The van der Waals surface area contributed by atoms with Crippen LogP contribution in [0.4, 0.5) is 0 Å². The highest BCUT2D eigenvalue weighted by Gasteiger charge is 2.34. The number of carbonyl (C=O) groups is 1. The van der Waals surface area contributed by atoms with Crippen LogP contribution in [0.3, 0.4) is 0 Å². The number of hydrogen-bond donors (Lipinski definition) is 2. The van der Waals surface area contributed by atoms with Crippen LogP contribution in [0.15, 0.2) is 0 Å². The minimum Gasteiger partial charge on any atom is -0.468 e. The predicted octanol–water partition coefficient (Wildman–Crippen LogP) is 0.182. The van der Waals surface area contributed by atoms with Gasteiger partial charge in [-0.25, -0.2) is 0 Å². The molecule has 4 heteroatoms. The van der Waals surface area contributed by atoms with Crippen LogP contribution in [-0.2, 0) is 9.53 Å². The van der Waals surface area contributed by atoms with Gasteiger partial charge in [-0.1, -0.05) is 12.8 Å². The maximum Gasteiger partial charge on any atom is 0.322 e. The topological polar surface area (TPSA) is 72.5 Å². The first-order valence-electron chi connectivity index (χ1n) is 4.63. The molecule has 0 aliphatic heterocycles. The molecule has 4 nitrogen and oxygen atoms in total. The van der Waals surface area contributed by atoms with Crippen LogP contribution in [0.2, 0.25) is 0 Å². The van der Waals surface area contributed by atoms with Gasteiger partial charge in [0.05, 0.1) is 12.7 Å². The van der Waals surface area contributed by atoms with E-state index in [-0.39, 0.29) is 0 Å². The summed E-state index contributed by atoms with van der Waals surface area (Å²) in [6, 6.07) is -0.687. The molecule has 1 fully saturated rings. The largest absolute Gasteiger partial charge is 0.468 e. The lowest BCUT2D eigenvalue weighted by Crippen LogP contribution is -2.40. The van der Waals surface area contributed by atoms with E-state index in [1.807, 2.05) is 0 Å². The van der Waals surface area contributed by atoms with Crippen molar-refractivity contribution in [3.8, 4) is 0 Å². The molecule has 1 aliphatic rings. The van der Waals surface area contributed by atoms with Crippen LogP contribution < -0.4 is 5.73 Å². The molecule has 0 aromatic rings. The van der Waals surface area contributed by atoms with Crippen LogP contribution >= 0.6 is 0 Å². The number of rotatable bonds is 3. The summed E-state index contributed by atoms with van der Waals surface area (Å²) in [4.78, 5) is 11.0. The molecule has 0 saturated heterocycles. The fraction of sp³-hybridized carbons (Fsp3) is 0.889. The van der Waals surface area contributed by atoms with E-state index < -0.39 is 17.6 Å². The molecule has 1 rings (SSSR count). The van der Waals surface area contributed by atoms with E-state index in [0.29, 0.717) is 6.42 Å². The van der Waals surface area contributed by atoms with Gasteiger partial charge in [-0.2, -0.15) is 0 Å². The van der Waals surface area contributed by atoms with Crippen LogP contribution in [-0.4, -0.2) is 29.8 Å². The quantitative estimate of drug-likeness (QED) is 0.618. The van der Waals surface area contributed by atoms with Gasteiger partial charge in [0.1, 0.15) is 6.04 Å². The Hall–Kier alpha value is -0.610. The van der Waals surface area contributed by atoms with Gasteiger partial charge in [-0.3, -0.25) is 4.79 Å². The van der Waals surface area contributed by atoms with Gasteiger partial charge in [0, 0.05) is 6.42 Å². The average Bonchev–Trinajstić information content (AvgIpc) is 2.50. The first kappa shape index (κ1) is 10.5. The maximum absolute atomic E-state index is 11.0. The lowest BCUT2D eigenvalue weighted by Gasteiger charge is -2.24. The number of ether oxygens (including phenoxy) is 1. The summed E-state index contributed by atoms with van der Waals surface area (Å²) in [7, 11) is 1.31. The second-order valence-electron chi connectivity index (χ2n) is 3.77. The first-order chi connectivity index (χ1) is 6.07. The fourth-order valence-electron chi connectivity index (χ4n) is 1.88. The number of aliphatic hydroxyl groups is 1. The Morgan fingerprint density at radius 3 is 2.62 bits per heavy atom. The molecule has 1 unspecified atom stereocenters. The lowest BCUT2D eigenvalue weighted by molar-refractivity contribution is -0.143. The van der Waals surface area contributed by atoms with Crippen molar-refractivity contribution < 1.29 is 14.6 Å². The zero-order valence-corrected chi connectivity index (χ0v) is 7.95. The molecule has 13 heavy (non-hydrogen) atoms. The van der Waals surface area contributed by atoms with Crippen molar-refractivity contribution in [1.29, 1.82) is 0 Å². The molecular formula is C9H17NO3. The molecule has 0 spiro atoms. The summed E-state index contributed by atoms with van der Waals surface area (Å²) >= 11 is 0. The molecule has 0 bridgehead atoms.